The zero-order valence-corrected chi connectivity index (χ0v) is 44.8. The second-order valence-electron chi connectivity index (χ2n) is 19.9. The molecular formula is C56H106NO8P. The Morgan fingerprint density at radius 2 is 0.864 bits per heavy atom. The molecular weight excluding hydrogens is 846 g/mol. The van der Waals surface area contributed by atoms with Gasteiger partial charge in [-0.1, -0.05) is 237 Å². The second-order valence-corrected chi connectivity index (χ2v) is 21.3. The normalized spacial score (nSPS) is 13.6. The molecule has 0 aromatic heterocycles. The first-order chi connectivity index (χ1) is 32.0. The number of unbranched alkanes of at least 4 members (excludes halogenated alkanes) is 31. The molecule has 2 unspecified atom stereocenters. The summed E-state index contributed by atoms with van der Waals surface area (Å²) >= 11 is 0. The van der Waals surface area contributed by atoms with Gasteiger partial charge in [0.25, 0.3) is 7.82 Å². The number of esters is 2. The molecule has 0 spiro atoms. The van der Waals surface area contributed by atoms with E-state index < -0.39 is 26.5 Å². The molecule has 0 aromatic rings. The molecule has 0 fully saturated rings. The first-order valence-electron chi connectivity index (χ1n) is 27.7. The first kappa shape index (κ1) is 64.2. The summed E-state index contributed by atoms with van der Waals surface area (Å²) < 4.78 is 34.1. The van der Waals surface area contributed by atoms with Gasteiger partial charge in [0.05, 0.1) is 27.7 Å². The Balaban J connectivity index is 4.09. The van der Waals surface area contributed by atoms with Crippen LogP contribution in [0.3, 0.4) is 0 Å². The minimum atomic E-state index is -4.63. The lowest BCUT2D eigenvalue weighted by atomic mass is 10.0. The molecule has 0 rings (SSSR count). The molecule has 0 amide bonds. The highest BCUT2D eigenvalue weighted by atomic mass is 31.2. The highest BCUT2D eigenvalue weighted by molar-refractivity contribution is 7.45. The Morgan fingerprint density at radius 3 is 1.29 bits per heavy atom. The van der Waals surface area contributed by atoms with Crippen molar-refractivity contribution in [2.75, 3.05) is 47.5 Å². The van der Waals surface area contributed by atoms with Crippen LogP contribution in [0.25, 0.3) is 0 Å². The van der Waals surface area contributed by atoms with Crippen molar-refractivity contribution in [3.05, 3.63) is 36.5 Å². The van der Waals surface area contributed by atoms with Gasteiger partial charge in [-0.05, 0) is 44.9 Å². The van der Waals surface area contributed by atoms with Crippen molar-refractivity contribution >= 4 is 19.8 Å². The van der Waals surface area contributed by atoms with Crippen molar-refractivity contribution in [1.29, 1.82) is 0 Å². The predicted molar refractivity (Wildman–Crippen MR) is 277 cm³/mol. The SMILES string of the molecule is CC/C=C\C/C=C\C/C=C\CCCCCCCC(=O)OC(COC(=O)CCCCCCCCCCCCCCCCCCCCCCCCCCCCC)COP(=O)([O-])OCC[N+](C)(C)C. The maximum atomic E-state index is 12.7. The number of carbonyl (C=O) groups excluding carboxylic acids is 2. The lowest BCUT2D eigenvalue weighted by molar-refractivity contribution is -0.870. The minimum absolute atomic E-state index is 0.0335. The van der Waals surface area contributed by atoms with Crippen LogP contribution in [0.2, 0.25) is 0 Å². The van der Waals surface area contributed by atoms with Gasteiger partial charge in [0.15, 0.2) is 6.10 Å². The van der Waals surface area contributed by atoms with E-state index in [1.165, 1.54) is 154 Å². The largest absolute Gasteiger partial charge is 0.756 e. The Bertz CT molecular complexity index is 1210. The molecule has 0 aliphatic carbocycles. The smallest absolute Gasteiger partial charge is 0.306 e. The summed E-state index contributed by atoms with van der Waals surface area (Å²) in [4.78, 5) is 37.7. The highest BCUT2D eigenvalue weighted by Gasteiger charge is 2.21. The summed E-state index contributed by atoms with van der Waals surface area (Å²) in [6, 6.07) is 0. The van der Waals surface area contributed by atoms with Crippen LogP contribution < -0.4 is 4.89 Å². The summed E-state index contributed by atoms with van der Waals surface area (Å²) in [6.07, 6.45) is 57.7. The average Bonchev–Trinajstić information content (AvgIpc) is 3.27. The number of hydrogen-bond acceptors (Lipinski definition) is 8. The van der Waals surface area contributed by atoms with Crippen molar-refractivity contribution in [2.24, 2.45) is 0 Å². The number of allylic oxidation sites excluding steroid dienone is 6. The fraction of sp³-hybridized carbons (Fsp3) is 0.857. The second kappa shape index (κ2) is 48.3. The summed E-state index contributed by atoms with van der Waals surface area (Å²) in [5.74, 6) is -0.843. The van der Waals surface area contributed by atoms with Crippen molar-refractivity contribution < 1.29 is 42.1 Å². The number of rotatable bonds is 51. The number of hydrogen-bond donors (Lipinski definition) is 0. The maximum Gasteiger partial charge on any atom is 0.306 e. The quantitative estimate of drug-likeness (QED) is 0.0195. The van der Waals surface area contributed by atoms with E-state index in [9.17, 15) is 19.0 Å². The predicted octanol–water partition coefficient (Wildman–Crippen LogP) is 16.2. The van der Waals surface area contributed by atoms with Gasteiger partial charge < -0.3 is 27.9 Å². The number of quaternary nitrogens is 1. The van der Waals surface area contributed by atoms with Crippen LogP contribution in [-0.2, 0) is 32.7 Å². The van der Waals surface area contributed by atoms with Crippen LogP contribution in [0.4, 0.5) is 0 Å². The van der Waals surface area contributed by atoms with Gasteiger partial charge in [0.2, 0.25) is 0 Å². The third kappa shape index (κ3) is 51.6. The molecule has 0 aromatic carbocycles. The molecule has 2 atom stereocenters. The van der Waals surface area contributed by atoms with Crippen molar-refractivity contribution in [1.82, 2.24) is 0 Å². The molecule has 0 bridgehead atoms. The van der Waals surface area contributed by atoms with Gasteiger partial charge in [-0.2, -0.15) is 0 Å². The van der Waals surface area contributed by atoms with E-state index in [0.717, 1.165) is 70.6 Å². The molecule has 10 heteroatoms. The summed E-state index contributed by atoms with van der Waals surface area (Å²) in [6.45, 7) is 4.14. The van der Waals surface area contributed by atoms with Gasteiger partial charge in [0, 0.05) is 12.8 Å². The molecule has 0 aliphatic rings. The standard InChI is InChI=1S/C56H106NO8P/c1-6-8-10-12-14-16-18-20-22-23-24-25-26-27-28-29-30-31-32-33-35-36-38-40-42-44-46-48-55(58)62-52-54(53-64-66(60,61)63-51-50-57(3,4)5)65-56(59)49-47-45-43-41-39-37-34-21-19-17-15-13-11-9-7-2/h9,11,15,17,21,34,54H,6-8,10,12-14,16,18-20,22-33,35-53H2,1-5H3/b11-9-,17-15-,34-21-. The minimum Gasteiger partial charge on any atom is -0.756 e. The lowest BCUT2D eigenvalue weighted by Crippen LogP contribution is -2.37. The van der Waals surface area contributed by atoms with Gasteiger partial charge in [-0.15, -0.1) is 0 Å². The van der Waals surface area contributed by atoms with Crippen LogP contribution in [0, 0.1) is 0 Å². The van der Waals surface area contributed by atoms with Gasteiger partial charge in [0.1, 0.15) is 19.8 Å². The summed E-state index contributed by atoms with van der Waals surface area (Å²) in [5, 5.41) is 0. The Kier molecular flexibility index (Phi) is 47.0. The topological polar surface area (TPSA) is 111 Å². The van der Waals surface area contributed by atoms with E-state index in [1.807, 2.05) is 21.1 Å². The fourth-order valence-corrected chi connectivity index (χ4v) is 8.64. The van der Waals surface area contributed by atoms with Crippen LogP contribution in [0.15, 0.2) is 36.5 Å². The highest BCUT2D eigenvalue weighted by Crippen LogP contribution is 2.38. The van der Waals surface area contributed by atoms with E-state index in [1.54, 1.807) is 0 Å². The molecule has 0 heterocycles. The zero-order valence-electron chi connectivity index (χ0n) is 43.9. The zero-order chi connectivity index (χ0) is 48.5. The van der Waals surface area contributed by atoms with E-state index in [-0.39, 0.29) is 32.0 Å². The number of phosphoric acid groups is 1. The monoisotopic (exact) mass is 952 g/mol. The summed E-state index contributed by atoms with van der Waals surface area (Å²) in [7, 11) is 1.16. The molecule has 0 saturated heterocycles. The Morgan fingerprint density at radius 1 is 0.485 bits per heavy atom. The van der Waals surface area contributed by atoms with E-state index in [2.05, 4.69) is 50.3 Å². The Labute approximate surface area is 408 Å². The van der Waals surface area contributed by atoms with Crippen LogP contribution in [-0.4, -0.2) is 70.0 Å². The van der Waals surface area contributed by atoms with Crippen LogP contribution >= 0.6 is 7.82 Å². The van der Waals surface area contributed by atoms with Gasteiger partial charge in [-0.25, -0.2) is 0 Å². The Hall–Kier alpha value is -1.77. The molecule has 66 heavy (non-hydrogen) atoms. The summed E-state index contributed by atoms with van der Waals surface area (Å²) in [5.41, 5.74) is 0. The lowest BCUT2D eigenvalue weighted by Gasteiger charge is -2.28. The first-order valence-corrected chi connectivity index (χ1v) is 29.2. The molecule has 0 radical (unpaired) electrons. The third-order valence-corrected chi connectivity index (χ3v) is 13.1. The van der Waals surface area contributed by atoms with Crippen LogP contribution in [0.5, 0.6) is 0 Å². The number of likely N-dealkylation sites (N-methyl/N-ethyl adjacent to an activating group) is 1. The van der Waals surface area contributed by atoms with E-state index in [4.69, 9.17) is 18.5 Å². The number of ether oxygens (including phenoxy) is 2. The van der Waals surface area contributed by atoms with E-state index >= 15 is 0 Å². The van der Waals surface area contributed by atoms with Crippen molar-refractivity contribution in [3.8, 4) is 0 Å². The molecule has 0 aliphatic heterocycles. The number of carbonyl (C=O) groups is 2. The van der Waals surface area contributed by atoms with Crippen molar-refractivity contribution in [2.45, 2.75) is 264 Å². The number of phosphoric ester groups is 1. The maximum absolute atomic E-state index is 12.7. The van der Waals surface area contributed by atoms with Crippen molar-refractivity contribution in [3.63, 3.8) is 0 Å². The fourth-order valence-electron chi connectivity index (χ4n) is 7.91. The number of nitrogens with zero attached hydrogens (tertiary/aromatic N) is 1. The molecule has 388 valence electrons. The molecule has 9 nitrogen and oxygen atoms in total. The van der Waals surface area contributed by atoms with E-state index in [0.29, 0.717) is 17.4 Å². The molecule has 0 saturated carbocycles. The molecule has 0 N–H and O–H groups in total. The van der Waals surface area contributed by atoms with Crippen LogP contribution in [0.1, 0.15) is 258 Å². The average molecular weight is 952 g/mol. The van der Waals surface area contributed by atoms with Gasteiger partial charge >= 0.3 is 11.9 Å². The third-order valence-electron chi connectivity index (χ3n) is 12.2. The van der Waals surface area contributed by atoms with Gasteiger partial charge in [-0.3, -0.25) is 14.2 Å².